The molecule has 0 aliphatic carbocycles. The number of carbonyl (C=O) groups excluding carboxylic acids is 1. The van der Waals surface area contributed by atoms with Gasteiger partial charge in [-0.2, -0.15) is 13.2 Å². The quantitative estimate of drug-likeness (QED) is 0.484. The van der Waals surface area contributed by atoms with Crippen LogP contribution in [-0.2, 0) is 6.18 Å². The summed E-state index contributed by atoms with van der Waals surface area (Å²) in [5.41, 5.74) is -0.906. The van der Waals surface area contributed by atoms with Crippen LogP contribution in [0.25, 0.3) is 22.1 Å². The standard InChI is InChI=1S/C22H19F4NO2/c1-21(23)7-9-27(10-8-21)20(28)15-4-2-14(3-5-15)17-12-16-6-11-29-19(16)18(13-17)22(24,25)26/h2-6,11-13H,7-10H2,1H3. The van der Waals surface area contributed by atoms with Crippen molar-refractivity contribution in [3.63, 3.8) is 0 Å². The molecule has 0 radical (unpaired) electrons. The number of alkyl halides is 4. The van der Waals surface area contributed by atoms with Gasteiger partial charge in [0.25, 0.3) is 5.91 Å². The van der Waals surface area contributed by atoms with Crippen molar-refractivity contribution in [2.75, 3.05) is 13.1 Å². The van der Waals surface area contributed by atoms with Gasteiger partial charge in [0.05, 0.1) is 11.8 Å². The third kappa shape index (κ3) is 3.86. The zero-order valence-corrected chi connectivity index (χ0v) is 15.7. The summed E-state index contributed by atoms with van der Waals surface area (Å²) in [6.45, 7) is 2.23. The molecule has 0 unspecified atom stereocenters. The molecule has 0 spiro atoms. The maximum atomic E-state index is 13.9. The molecule has 0 bridgehead atoms. The van der Waals surface area contributed by atoms with E-state index < -0.39 is 17.4 Å². The number of hydrogen-bond donors (Lipinski definition) is 0. The first-order valence-electron chi connectivity index (χ1n) is 9.31. The van der Waals surface area contributed by atoms with Crippen molar-refractivity contribution in [3.05, 3.63) is 59.9 Å². The lowest BCUT2D eigenvalue weighted by Gasteiger charge is -2.34. The van der Waals surface area contributed by atoms with E-state index >= 15 is 0 Å². The van der Waals surface area contributed by atoms with Gasteiger partial charge in [0.2, 0.25) is 0 Å². The van der Waals surface area contributed by atoms with E-state index in [2.05, 4.69) is 0 Å². The number of furan rings is 1. The summed E-state index contributed by atoms with van der Waals surface area (Å²) in [5.74, 6) is -0.201. The SMILES string of the molecule is CC1(F)CCN(C(=O)c2ccc(-c3cc(C(F)(F)F)c4occc4c3)cc2)CC1. The summed E-state index contributed by atoms with van der Waals surface area (Å²) >= 11 is 0. The number of hydrogen-bond acceptors (Lipinski definition) is 2. The van der Waals surface area contributed by atoms with Gasteiger partial charge in [-0.3, -0.25) is 4.79 Å². The number of rotatable bonds is 2. The summed E-state index contributed by atoms with van der Waals surface area (Å²) < 4.78 is 59.1. The average molecular weight is 405 g/mol. The highest BCUT2D eigenvalue weighted by Crippen LogP contribution is 2.38. The Morgan fingerprint density at radius 2 is 1.69 bits per heavy atom. The van der Waals surface area contributed by atoms with Gasteiger partial charge in [0.15, 0.2) is 0 Å². The molecule has 1 aromatic heterocycles. The summed E-state index contributed by atoms with van der Waals surface area (Å²) in [6.07, 6.45) is -2.73. The van der Waals surface area contributed by atoms with E-state index in [1.807, 2.05) is 0 Å². The lowest BCUT2D eigenvalue weighted by atomic mass is 9.95. The predicted molar refractivity (Wildman–Crippen MR) is 101 cm³/mol. The molecule has 2 aromatic carbocycles. The lowest BCUT2D eigenvalue weighted by Crippen LogP contribution is -2.43. The number of likely N-dealkylation sites (tertiary alicyclic amines) is 1. The van der Waals surface area contributed by atoms with Crippen LogP contribution in [0, 0.1) is 0 Å². The van der Waals surface area contributed by atoms with Crippen molar-refractivity contribution in [1.82, 2.24) is 4.90 Å². The van der Waals surface area contributed by atoms with E-state index in [0.29, 0.717) is 48.0 Å². The Labute approximate surface area is 164 Å². The van der Waals surface area contributed by atoms with Crippen LogP contribution in [-0.4, -0.2) is 29.6 Å². The highest BCUT2D eigenvalue weighted by Gasteiger charge is 2.35. The minimum absolute atomic E-state index is 0.196. The zero-order chi connectivity index (χ0) is 20.8. The molecule has 7 heteroatoms. The van der Waals surface area contributed by atoms with Crippen LogP contribution >= 0.6 is 0 Å². The van der Waals surface area contributed by atoms with Gasteiger partial charge in [0.1, 0.15) is 11.3 Å². The first kappa shape index (κ1) is 19.5. The first-order chi connectivity index (χ1) is 13.6. The molecule has 1 aliphatic rings. The Morgan fingerprint density at radius 1 is 1.03 bits per heavy atom. The van der Waals surface area contributed by atoms with Crippen LogP contribution < -0.4 is 0 Å². The number of amides is 1. The number of halogens is 4. The van der Waals surface area contributed by atoms with Crippen LogP contribution in [0.15, 0.2) is 53.1 Å². The van der Waals surface area contributed by atoms with Gasteiger partial charge in [-0.25, -0.2) is 4.39 Å². The summed E-state index contributed by atoms with van der Waals surface area (Å²) in [7, 11) is 0. The summed E-state index contributed by atoms with van der Waals surface area (Å²) in [4.78, 5) is 14.2. The molecule has 1 saturated heterocycles. The summed E-state index contributed by atoms with van der Waals surface area (Å²) in [6, 6.07) is 10.6. The molecule has 3 aromatic rings. The number of carbonyl (C=O) groups is 1. The molecule has 29 heavy (non-hydrogen) atoms. The van der Waals surface area contributed by atoms with E-state index in [1.165, 1.54) is 19.3 Å². The van der Waals surface area contributed by atoms with Crippen molar-refractivity contribution >= 4 is 16.9 Å². The molecule has 3 nitrogen and oxygen atoms in total. The van der Waals surface area contributed by atoms with Gasteiger partial charge in [-0.15, -0.1) is 0 Å². The van der Waals surface area contributed by atoms with E-state index in [4.69, 9.17) is 4.42 Å². The lowest BCUT2D eigenvalue weighted by molar-refractivity contribution is -0.136. The molecule has 1 fully saturated rings. The highest BCUT2D eigenvalue weighted by atomic mass is 19.4. The molecule has 0 N–H and O–H groups in total. The highest BCUT2D eigenvalue weighted by molar-refractivity contribution is 5.95. The Morgan fingerprint density at radius 3 is 2.31 bits per heavy atom. The predicted octanol–water partition coefficient (Wildman–Crippen LogP) is 6.08. The van der Waals surface area contributed by atoms with Crippen molar-refractivity contribution in [1.29, 1.82) is 0 Å². The van der Waals surface area contributed by atoms with Crippen molar-refractivity contribution in [3.8, 4) is 11.1 Å². The maximum absolute atomic E-state index is 13.9. The van der Waals surface area contributed by atoms with Gasteiger partial charge >= 0.3 is 6.18 Å². The first-order valence-corrected chi connectivity index (χ1v) is 9.31. The molecular weight excluding hydrogens is 386 g/mol. The van der Waals surface area contributed by atoms with E-state index in [-0.39, 0.29) is 11.5 Å². The Balaban J connectivity index is 1.61. The monoisotopic (exact) mass is 405 g/mol. The fourth-order valence-electron chi connectivity index (χ4n) is 3.62. The molecule has 2 heterocycles. The van der Waals surface area contributed by atoms with E-state index in [9.17, 15) is 22.4 Å². The average Bonchev–Trinajstić information content (AvgIpc) is 3.14. The molecule has 4 rings (SSSR count). The van der Waals surface area contributed by atoms with Crippen LogP contribution in [0.5, 0.6) is 0 Å². The number of fused-ring (bicyclic) bond motifs is 1. The fraction of sp³-hybridized carbons (Fsp3) is 0.318. The molecule has 0 saturated carbocycles. The van der Waals surface area contributed by atoms with Gasteiger partial charge in [-0.1, -0.05) is 12.1 Å². The number of nitrogens with zero attached hydrogens (tertiary/aromatic N) is 1. The minimum atomic E-state index is -4.54. The third-order valence-corrected chi connectivity index (χ3v) is 5.41. The molecule has 1 amide bonds. The summed E-state index contributed by atoms with van der Waals surface area (Å²) in [5, 5.41) is 0.359. The Bertz CT molecular complexity index is 1040. The molecule has 152 valence electrons. The van der Waals surface area contributed by atoms with Crippen LogP contribution in [0.3, 0.4) is 0 Å². The van der Waals surface area contributed by atoms with Crippen molar-refractivity contribution in [2.24, 2.45) is 0 Å². The van der Waals surface area contributed by atoms with Gasteiger partial charge in [-0.05, 0) is 61.2 Å². The number of benzene rings is 2. The Hall–Kier alpha value is -2.83. The van der Waals surface area contributed by atoms with Gasteiger partial charge in [0, 0.05) is 24.0 Å². The van der Waals surface area contributed by atoms with Crippen LogP contribution in [0.4, 0.5) is 17.6 Å². The van der Waals surface area contributed by atoms with E-state index in [1.54, 1.807) is 35.2 Å². The normalized spacial score (nSPS) is 16.9. The van der Waals surface area contributed by atoms with Gasteiger partial charge < -0.3 is 9.32 Å². The molecule has 0 atom stereocenters. The second-order valence-electron chi connectivity index (χ2n) is 7.64. The minimum Gasteiger partial charge on any atom is -0.464 e. The molecule has 1 aliphatic heterocycles. The van der Waals surface area contributed by atoms with E-state index in [0.717, 1.165) is 6.07 Å². The second kappa shape index (κ2) is 6.90. The largest absolute Gasteiger partial charge is 0.464 e. The molecular formula is C22H19F4NO2. The third-order valence-electron chi connectivity index (χ3n) is 5.41. The van der Waals surface area contributed by atoms with Crippen molar-refractivity contribution in [2.45, 2.75) is 31.6 Å². The fourth-order valence-corrected chi connectivity index (χ4v) is 3.62. The Kier molecular flexibility index (Phi) is 4.63. The topological polar surface area (TPSA) is 33.5 Å². The zero-order valence-electron chi connectivity index (χ0n) is 15.7. The number of piperidine rings is 1. The van der Waals surface area contributed by atoms with Crippen molar-refractivity contribution < 1.29 is 26.8 Å². The maximum Gasteiger partial charge on any atom is 0.420 e. The smallest absolute Gasteiger partial charge is 0.420 e. The van der Waals surface area contributed by atoms with Crippen LogP contribution in [0.2, 0.25) is 0 Å². The second-order valence-corrected chi connectivity index (χ2v) is 7.64. The van der Waals surface area contributed by atoms with Crippen LogP contribution in [0.1, 0.15) is 35.7 Å².